The van der Waals surface area contributed by atoms with Crippen molar-refractivity contribution >= 4 is 0 Å². The van der Waals surface area contributed by atoms with Gasteiger partial charge in [0.1, 0.15) is 5.82 Å². The molecule has 0 aromatic carbocycles. The maximum absolute atomic E-state index is 5.96. The number of aryl methyl sites for hydroxylation is 1. The van der Waals surface area contributed by atoms with E-state index in [2.05, 4.69) is 4.98 Å². The van der Waals surface area contributed by atoms with Gasteiger partial charge >= 0.3 is 0 Å². The largest absolute Gasteiger partial charge is 0.472 e. The minimum Gasteiger partial charge on any atom is -0.472 e. The van der Waals surface area contributed by atoms with Gasteiger partial charge < -0.3 is 14.7 Å². The zero-order valence-electron chi connectivity index (χ0n) is 7.34. The van der Waals surface area contributed by atoms with E-state index in [1.54, 1.807) is 18.7 Å². The quantitative estimate of drug-likeness (QED) is 0.746. The fourth-order valence-electron chi connectivity index (χ4n) is 1.28. The Kier molecular flexibility index (Phi) is 1.90. The first-order chi connectivity index (χ1) is 6.29. The lowest BCUT2D eigenvalue weighted by atomic mass is 10.1. The standard InChI is InChI=1S/C9H11N3O/c1-12-4-3-11-9(12)8(10)7-2-5-13-6-7/h2-6,8H,10H2,1H3. The molecule has 2 heterocycles. The van der Waals surface area contributed by atoms with Gasteiger partial charge in [0, 0.05) is 25.0 Å². The smallest absolute Gasteiger partial charge is 0.130 e. The Morgan fingerprint density at radius 2 is 2.46 bits per heavy atom. The summed E-state index contributed by atoms with van der Waals surface area (Å²) in [6.07, 6.45) is 6.85. The molecule has 1 unspecified atom stereocenters. The van der Waals surface area contributed by atoms with E-state index in [9.17, 15) is 0 Å². The SMILES string of the molecule is Cn1ccnc1C(N)c1ccoc1. The van der Waals surface area contributed by atoms with Gasteiger partial charge in [0.2, 0.25) is 0 Å². The van der Waals surface area contributed by atoms with E-state index >= 15 is 0 Å². The molecule has 2 aromatic heterocycles. The molecular weight excluding hydrogens is 166 g/mol. The van der Waals surface area contributed by atoms with Crippen molar-refractivity contribution in [1.29, 1.82) is 0 Å². The number of aromatic nitrogens is 2. The van der Waals surface area contributed by atoms with Crippen molar-refractivity contribution < 1.29 is 4.42 Å². The molecule has 0 fully saturated rings. The second-order valence-corrected chi connectivity index (χ2v) is 2.93. The van der Waals surface area contributed by atoms with Gasteiger partial charge in [-0.25, -0.2) is 4.98 Å². The molecule has 0 radical (unpaired) electrons. The van der Waals surface area contributed by atoms with Crippen LogP contribution < -0.4 is 5.73 Å². The maximum atomic E-state index is 5.96. The van der Waals surface area contributed by atoms with Gasteiger partial charge in [-0.15, -0.1) is 0 Å². The molecule has 13 heavy (non-hydrogen) atoms. The highest BCUT2D eigenvalue weighted by molar-refractivity contribution is 5.19. The predicted molar refractivity (Wildman–Crippen MR) is 47.9 cm³/mol. The van der Waals surface area contributed by atoms with Crippen molar-refractivity contribution in [2.45, 2.75) is 6.04 Å². The summed E-state index contributed by atoms with van der Waals surface area (Å²) in [5.74, 6) is 0.835. The summed E-state index contributed by atoms with van der Waals surface area (Å²) in [4.78, 5) is 4.17. The maximum Gasteiger partial charge on any atom is 0.130 e. The Hall–Kier alpha value is -1.55. The first-order valence-corrected chi connectivity index (χ1v) is 4.04. The number of imidazole rings is 1. The summed E-state index contributed by atoms with van der Waals surface area (Å²) in [7, 11) is 1.92. The topological polar surface area (TPSA) is 57.0 Å². The van der Waals surface area contributed by atoms with Crippen molar-refractivity contribution in [3.63, 3.8) is 0 Å². The normalized spacial score (nSPS) is 13.1. The highest BCUT2D eigenvalue weighted by Gasteiger charge is 2.13. The third kappa shape index (κ3) is 1.36. The molecule has 2 aromatic rings. The zero-order valence-corrected chi connectivity index (χ0v) is 7.34. The molecule has 0 spiro atoms. The van der Waals surface area contributed by atoms with Crippen molar-refractivity contribution in [3.8, 4) is 0 Å². The Bertz CT molecular complexity index is 377. The van der Waals surface area contributed by atoms with E-state index in [1.807, 2.05) is 23.9 Å². The first-order valence-electron chi connectivity index (χ1n) is 4.04. The lowest BCUT2D eigenvalue weighted by molar-refractivity contribution is 0.560. The van der Waals surface area contributed by atoms with E-state index in [0.29, 0.717) is 0 Å². The summed E-state index contributed by atoms with van der Waals surface area (Å²) in [6, 6.07) is 1.64. The number of hydrogen-bond acceptors (Lipinski definition) is 3. The van der Waals surface area contributed by atoms with Gasteiger partial charge in [-0.2, -0.15) is 0 Å². The van der Waals surface area contributed by atoms with Gasteiger partial charge in [-0.1, -0.05) is 0 Å². The van der Waals surface area contributed by atoms with Crippen LogP contribution in [0.25, 0.3) is 0 Å². The second kappa shape index (κ2) is 3.06. The number of furan rings is 1. The van der Waals surface area contributed by atoms with Crippen LogP contribution in [0.15, 0.2) is 35.4 Å². The van der Waals surface area contributed by atoms with Gasteiger partial charge in [0.15, 0.2) is 0 Å². The van der Waals surface area contributed by atoms with E-state index in [1.165, 1.54) is 0 Å². The van der Waals surface area contributed by atoms with Gasteiger partial charge in [0.25, 0.3) is 0 Å². The lowest BCUT2D eigenvalue weighted by Crippen LogP contribution is -2.15. The van der Waals surface area contributed by atoms with Crippen LogP contribution in [-0.4, -0.2) is 9.55 Å². The van der Waals surface area contributed by atoms with Crippen LogP contribution in [0.1, 0.15) is 17.4 Å². The van der Waals surface area contributed by atoms with Gasteiger partial charge in [-0.3, -0.25) is 0 Å². The fourth-order valence-corrected chi connectivity index (χ4v) is 1.28. The van der Waals surface area contributed by atoms with Crippen molar-refractivity contribution in [3.05, 3.63) is 42.4 Å². The first kappa shape index (κ1) is 8.07. The minimum absolute atomic E-state index is 0.209. The minimum atomic E-state index is -0.209. The summed E-state index contributed by atoms with van der Waals surface area (Å²) < 4.78 is 6.86. The van der Waals surface area contributed by atoms with Crippen LogP contribution in [0.5, 0.6) is 0 Å². The summed E-state index contributed by atoms with van der Waals surface area (Å²) in [6.45, 7) is 0. The molecule has 0 aliphatic carbocycles. The van der Waals surface area contributed by atoms with E-state index in [4.69, 9.17) is 10.2 Å². The van der Waals surface area contributed by atoms with Crippen molar-refractivity contribution in [2.75, 3.05) is 0 Å². The van der Waals surface area contributed by atoms with Crippen molar-refractivity contribution in [2.24, 2.45) is 12.8 Å². The van der Waals surface area contributed by atoms with E-state index < -0.39 is 0 Å². The Balaban J connectivity index is 2.33. The molecule has 2 N–H and O–H groups in total. The predicted octanol–water partition coefficient (Wildman–Crippen LogP) is 1.06. The molecule has 0 amide bonds. The number of hydrogen-bond donors (Lipinski definition) is 1. The number of rotatable bonds is 2. The Morgan fingerprint density at radius 3 is 3.00 bits per heavy atom. The van der Waals surface area contributed by atoms with Crippen LogP contribution >= 0.6 is 0 Å². The average Bonchev–Trinajstić information content (AvgIpc) is 2.72. The fraction of sp³-hybridized carbons (Fsp3) is 0.222. The molecule has 0 bridgehead atoms. The summed E-state index contributed by atoms with van der Waals surface area (Å²) >= 11 is 0. The molecule has 0 aliphatic rings. The van der Waals surface area contributed by atoms with E-state index in [-0.39, 0.29) is 6.04 Å². The van der Waals surface area contributed by atoms with Crippen LogP contribution in [0.2, 0.25) is 0 Å². The van der Waals surface area contributed by atoms with Crippen LogP contribution in [0, 0.1) is 0 Å². The van der Waals surface area contributed by atoms with Crippen LogP contribution in [0.4, 0.5) is 0 Å². The third-order valence-corrected chi connectivity index (χ3v) is 2.04. The molecule has 4 nitrogen and oxygen atoms in total. The lowest BCUT2D eigenvalue weighted by Gasteiger charge is -2.08. The average molecular weight is 177 g/mol. The van der Waals surface area contributed by atoms with Crippen LogP contribution in [0.3, 0.4) is 0 Å². The van der Waals surface area contributed by atoms with Crippen molar-refractivity contribution in [1.82, 2.24) is 9.55 Å². The summed E-state index contributed by atoms with van der Waals surface area (Å²) in [5, 5.41) is 0. The van der Waals surface area contributed by atoms with Gasteiger partial charge in [0.05, 0.1) is 18.6 Å². The monoisotopic (exact) mass is 177 g/mol. The molecule has 1 atom stereocenters. The summed E-state index contributed by atoms with van der Waals surface area (Å²) in [5.41, 5.74) is 6.90. The molecule has 0 saturated carbocycles. The number of nitrogens with two attached hydrogens (primary N) is 1. The molecule has 4 heteroatoms. The zero-order chi connectivity index (χ0) is 9.26. The van der Waals surface area contributed by atoms with Crippen LogP contribution in [-0.2, 0) is 7.05 Å². The third-order valence-electron chi connectivity index (χ3n) is 2.04. The highest BCUT2D eigenvalue weighted by atomic mass is 16.3. The molecule has 2 rings (SSSR count). The molecule has 0 saturated heterocycles. The Morgan fingerprint density at radius 1 is 1.62 bits per heavy atom. The molecule has 0 aliphatic heterocycles. The molecular formula is C9H11N3O. The number of nitrogens with zero attached hydrogens (tertiary/aromatic N) is 2. The molecule has 68 valence electrons. The van der Waals surface area contributed by atoms with E-state index in [0.717, 1.165) is 11.4 Å². The highest BCUT2D eigenvalue weighted by Crippen LogP contribution is 2.17. The second-order valence-electron chi connectivity index (χ2n) is 2.93. The van der Waals surface area contributed by atoms with Gasteiger partial charge in [-0.05, 0) is 6.07 Å². The Labute approximate surface area is 76.0 Å².